The molecule has 2 aromatic rings. The van der Waals surface area contributed by atoms with Crippen molar-refractivity contribution in [1.29, 1.82) is 0 Å². The van der Waals surface area contributed by atoms with Gasteiger partial charge in [-0.1, -0.05) is 34.7 Å². The normalized spacial score (nSPS) is 20.1. The Morgan fingerprint density at radius 2 is 2.30 bits per heavy atom. The summed E-state index contributed by atoms with van der Waals surface area (Å²) in [6.45, 7) is 1.86. The first-order chi connectivity index (χ1) is 13.0. The van der Waals surface area contributed by atoms with Crippen LogP contribution < -0.4 is 10.1 Å². The van der Waals surface area contributed by atoms with Gasteiger partial charge in [-0.05, 0) is 30.2 Å². The summed E-state index contributed by atoms with van der Waals surface area (Å²) in [4.78, 5) is 21.5. The van der Waals surface area contributed by atoms with E-state index >= 15 is 0 Å². The minimum Gasteiger partial charge on any atom is -0.497 e. The second-order valence-electron chi connectivity index (χ2n) is 6.23. The molecule has 2 N–H and O–H groups in total. The average molecular weight is 480 g/mol. The number of aliphatic carboxylic acids is 1. The van der Waals surface area contributed by atoms with Crippen LogP contribution in [0.2, 0.25) is 0 Å². The van der Waals surface area contributed by atoms with E-state index in [0.717, 1.165) is 31.3 Å². The highest BCUT2D eigenvalue weighted by molar-refractivity contribution is 14.1. The number of carboxylic acids is 1. The molecule has 1 aromatic heterocycles. The maximum Gasteiger partial charge on any atom is 0.328 e. The number of ether oxygens (including phenoxy) is 1. The Kier molecular flexibility index (Phi) is 6.62. The van der Waals surface area contributed by atoms with Crippen molar-refractivity contribution in [2.75, 3.05) is 19.0 Å². The highest BCUT2D eigenvalue weighted by Gasteiger charge is 2.32. The van der Waals surface area contributed by atoms with Crippen molar-refractivity contribution in [3.05, 3.63) is 54.0 Å². The van der Waals surface area contributed by atoms with E-state index in [-0.39, 0.29) is 6.04 Å². The van der Waals surface area contributed by atoms with Gasteiger partial charge in [0.05, 0.1) is 35.3 Å². The summed E-state index contributed by atoms with van der Waals surface area (Å²) in [6.07, 6.45) is 6.68. The van der Waals surface area contributed by atoms with Gasteiger partial charge in [0, 0.05) is 19.2 Å². The van der Waals surface area contributed by atoms with Crippen LogP contribution in [0.15, 0.2) is 42.7 Å². The molecule has 1 fully saturated rings. The Bertz CT molecular complexity index is 813. The maximum absolute atomic E-state index is 10.5. The van der Waals surface area contributed by atoms with Crippen molar-refractivity contribution >= 4 is 40.5 Å². The number of nitrogens with one attached hydrogen (secondary N) is 1. The molecule has 3 rings (SSSR count). The van der Waals surface area contributed by atoms with Crippen molar-refractivity contribution in [3.8, 4) is 5.75 Å². The van der Waals surface area contributed by atoms with Crippen LogP contribution in [-0.4, -0.2) is 49.7 Å². The van der Waals surface area contributed by atoms with E-state index in [1.165, 1.54) is 11.6 Å². The molecule has 0 radical (unpaired) electrons. The number of carbonyl (C=O) groups is 1. The lowest BCUT2D eigenvalue weighted by atomic mass is 10.2. The van der Waals surface area contributed by atoms with Gasteiger partial charge in [-0.2, -0.15) is 0 Å². The van der Waals surface area contributed by atoms with Crippen LogP contribution in [0, 0.1) is 0 Å². The Labute approximate surface area is 171 Å². The Hall–Kier alpha value is -2.20. The molecule has 1 aliphatic rings. The third-order valence-electron chi connectivity index (χ3n) is 4.33. The number of aromatic nitrogens is 2. The van der Waals surface area contributed by atoms with E-state index in [1.807, 2.05) is 12.1 Å². The number of anilines is 1. The van der Waals surface area contributed by atoms with Crippen molar-refractivity contribution in [3.63, 3.8) is 0 Å². The number of likely N-dealkylation sites (tertiary alicyclic amines) is 1. The quantitative estimate of drug-likeness (QED) is 0.273. The molecule has 2 heterocycles. The van der Waals surface area contributed by atoms with Gasteiger partial charge in [0.2, 0.25) is 0 Å². The smallest absolute Gasteiger partial charge is 0.328 e. The third kappa shape index (κ3) is 5.39. The van der Waals surface area contributed by atoms with E-state index in [9.17, 15) is 4.79 Å². The number of hydrogen-bond acceptors (Lipinski definition) is 6. The lowest BCUT2D eigenvalue weighted by Gasteiger charge is -2.24. The van der Waals surface area contributed by atoms with Gasteiger partial charge in [-0.3, -0.25) is 9.88 Å². The van der Waals surface area contributed by atoms with Gasteiger partial charge in [-0.25, -0.2) is 9.78 Å². The first kappa shape index (κ1) is 19.6. The van der Waals surface area contributed by atoms with Crippen LogP contribution in [0.25, 0.3) is 6.08 Å². The molecule has 142 valence electrons. The molecule has 1 aliphatic heterocycles. The first-order valence-corrected chi connectivity index (χ1v) is 9.80. The monoisotopic (exact) mass is 480 g/mol. The summed E-state index contributed by atoms with van der Waals surface area (Å²) in [5.74, 6) is 0.560. The molecule has 2 atom stereocenters. The van der Waals surface area contributed by atoms with Crippen LogP contribution >= 0.6 is 22.6 Å². The highest BCUT2D eigenvalue weighted by atomic mass is 127. The SMILES string of the molecule is COc1cccc(CN2CC[C@@H](Nc3cnc(C=CC(=O)O)cn3)C2I)c1. The number of benzene rings is 1. The molecule has 27 heavy (non-hydrogen) atoms. The zero-order valence-corrected chi connectivity index (χ0v) is 17.0. The van der Waals surface area contributed by atoms with Crippen LogP contribution in [0.4, 0.5) is 5.82 Å². The van der Waals surface area contributed by atoms with E-state index in [1.54, 1.807) is 19.5 Å². The van der Waals surface area contributed by atoms with Crippen LogP contribution in [0.3, 0.4) is 0 Å². The molecule has 7 nitrogen and oxygen atoms in total. The molecular formula is C19H21IN4O3. The van der Waals surface area contributed by atoms with Gasteiger partial charge in [0.25, 0.3) is 0 Å². The minimum atomic E-state index is -1.01. The van der Waals surface area contributed by atoms with Gasteiger partial charge >= 0.3 is 5.97 Å². The molecule has 1 aromatic carbocycles. The topological polar surface area (TPSA) is 87.6 Å². The third-order valence-corrected chi connectivity index (χ3v) is 5.99. The first-order valence-electron chi connectivity index (χ1n) is 8.56. The number of halogens is 1. The molecule has 1 unspecified atom stereocenters. The van der Waals surface area contributed by atoms with Gasteiger partial charge in [0.1, 0.15) is 11.6 Å². The van der Waals surface area contributed by atoms with E-state index in [0.29, 0.717) is 15.6 Å². The number of hydrogen-bond donors (Lipinski definition) is 2. The zero-order valence-electron chi connectivity index (χ0n) is 14.9. The molecule has 0 saturated carbocycles. The molecule has 0 bridgehead atoms. The summed E-state index contributed by atoms with van der Waals surface area (Å²) in [7, 11) is 1.68. The van der Waals surface area contributed by atoms with E-state index < -0.39 is 5.97 Å². The fourth-order valence-electron chi connectivity index (χ4n) is 2.98. The number of methoxy groups -OCH3 is 1. The number of alkyl halides is 1. The minimum absolute atomic E-state index is 0.269. The summed E-state index contributed by atoms with van der Waals surface area (Å²) in [5.41, 5.74) is 1.74. The summed E-state index contributed by atoms with van der Waals surface area (Å²) < 4.78 is 5.62. The number of nitrogens with zero attached hydrogens (tertiary/aromatic N) is 3. The van der Waals surface area contributed by atoms with E-state index in [2.05, 4.69) is 54.9 Å². The molecule has 0 spiro atoms. The Morgan fingerprint density at radius 1 is 1.44 bits per heavy atom. The molecule has 8 heteroatoms. The van der Waals surface area contributed by atoms with Gasteiger partial charge in [0.15, 0.2) is 0 Å². The van der Waals surface area contributed by atoms with Gasteiger partial charge in [-0.15, -0.1) is 0 Å². The maximum atomic E-state index is 10.5. The number of carboxylic acid groups (broad SMARTS) is 1. The molecule has 0 aliphatic carbocycles. The second-order valence-corrected chi connectivity index (χ2v) is 7.51. The highest BCUT2D eigenvalue weighted by Crippen LogP contribution is 2.28. The van der Waals surface area contributed by atoms with Crippen molar-refractivity contribution in [1.82, 2.24) is 14.9 Å². The van der Waals surface area contributed by atoms with E-state index in [4.69, 9.17) is 9.84 Å². The van der Waals surface area contributed by atoms with Crippen molar-refractivity contribution < 1.29 is 14.6 Å². The van der Waals surface area contributed by atoms with Crippen LogP contribution in [0.1, 0.15) is 17.7 Å². The predicted molar refractivity (Wildman–Crippen MR) is 112 cm³/mol. The van der Waals surface area contributed by atoms with Crippen molar-refractivity contribution in [2.24, 2.45) is 0 Å². The number of rotatable bonds is 7. The predicted octanol–water partition coefficient (Wildman–Crippen LogP) is 3.03. The fraction of sp³-hybridized carbons (Fsp3) is 0.316. The van der Waals surface area contributed by atoms with Gasteiger partial charge < -0.3 is 15.2 Å². The summed E-state index contributed by atoms with van der Waals surface area (Å²) in [5, 5.41) is 12.1. The lowest BCUT2D eigenvalue weighted by Crippen LogP contribution is -2.33. The Balaban J connectivity index is 1.58. The van der Waals surface area contributed by atoms with Crippen LogP contribution in [-0.2, 0) is 11.3 Å². The Morgan fingerprint density at radius 3 is 3.00 bits per heavy atom. The van der Waals surface area contributed by atoms with Crippen molar-refractivity contribution in [2.45, 2.75) is 23.1 Å². The summed E-state index contributed by atoms with van der Waals surface area (Å²) >= 11 is 2.46. The molecular weight excluding hydrogens is 459 g/mol. The fourth-order valence-corrected chi connectivity index (χ4v) is 3.99. The largest absolute Gasteiger partial charge is 0.497 e. The van der Waals surface area contributed by atoms with Crippen LogP contribution in [0.5, 0.6) is 5.75 Å². The lowest BCUT2D eigenvalue weighted by molar-refractivity contribution is -0.131. The zero-order chi connectivity index (χ0) is 19.2. The molecule has 0 amide bonds. The average Bonchev–Trinajstić information content (AvgIpc) is 3.01. The summed E-state index contributed by atoms with van der Waals surface area (Å²) in [6, 6.07) is 8.41. The second kappa shape index (κ2) is 9.14. The molecule has 1 saturated heterocycles. The standard InChI is InChI=1S/C19H21IN4O3/c1-27-15-4-2-3-13(9-15)12-24-8-7-16(19(24)20)23-17-11-21-14(10-22-17)5-6-18(25)26/h2-6,9-11,16,19H,7-8,12H2,1H3,(H,22,23)(H,25,26)/t16-,19?/m1/s1.